The van der Waals surface area contributed by atoms with Gasteiger partial charge in [-0.1, -0.05) is 13.0 Å². The zero-order chi connectivity index (χ0) is 9.97. The number of benzene rings is 1. The molecule has 0 spiro atoms. The molecular weight excluding hydrogens is 174 g/mol. The second kappa shape index (κ2) is 3.84. The standard InChI is InChI=1S/C12H15NO/c1-2-10-3-4-12-11(9-10)5-6-13(12)7-8-14/h3-6,9,14H,2,7-8H2,1H3. The summed E-state index contributed by atoms with van der Waals surface area (Å²) in [4.78, 5) is 0. The second-order valence-electron chi connectivity index (χ2n) is 3.48. The number of rotatable bonds is 3. The maximum absolute atomic E-state index is 8.88. The number of aromatic nitrogens is 1. The van der Waals surface area contributed by atoms with Crippen molar-refractivity contribution in [3.05, 3.63) is 36.0 Å². The van der Waals surface area contributed by atoms with Crippen molar-refractivity contribution >= 4 is 10.9 Å². The molecule has 0 atom stereocenters. The zero-order valence-corrected chi connectivity index (χ0v) is 8.40. The summed E-state index contributed by atoms with van der Waals surface area (Å²) in [6.07, 6.45) is 3.10. The monoisotopic (exact) mass is 189 g/mol. The minimum Gasteiger partial charge on any atom is -0.395 e. The van der Waals surface area contributed by atoms with Crippen LogP contribution in [0.5, 0.6) is 0 Å². The number of nitrogens with zero attached hydrogens (tertiary/aromatic N) is 1. The minimum absolute atomic E-state index is 0.194. The maximum Gasteiger partial charge on any atom is 0.0610 e. The van der Waals surface area contributed by atoms with Crippen LogP contribution in [0, 0.1) is 0 Å². The van der Waals surface area contributed by atoms with E-state index in [1.165, 1.54) is 16.5 Å². The molecule has 74 valence electrons. The highest BCUT2D eigenvalue weighted by Gasteiger charge is 2.00. The summed E-state index contributed by atoms with van der Waals surface area (Å²) in [5.74, 6) is 0. The number of fused-ring (bicyclic) bond motifs is 1. The number of aliphatic hydroxyl groups is 1. The fourth-order valence-corrected chi connectivity index (χ4v) is 1.77. The van der Waals surface area contributed by atoms with Gasteiger partial charge < -0.3 is 9.67 Å². The van der Waals surface area contributed by atoms with Gasteiger partial charge in [-0.2, -0.15) is 0 Å². The Balaban J connectivity index is 2.48. The fraction of sp³-hybridized carbons (Fsp3) is 0.333. The Labute approximate surface area is 83.8 Å². The first-order valence-corrected chi connectivity index (χ1v) is 5.03. The average Bonchev–Trinajstić information content (AvgIpc) is 2.61. The number of aryl methyl sites for hydroxylation is 1. The van der Waals surface area contributed by atoms with Crippen molar-refractivity contribution in [2.24, 2.45) is 0 Å². The Hall–Kier alpha value is -1.28. The van der Waals surface area contributed by atoms with E-state index in [1.807, 2.05) is 6.20 Å². The van der Waals surface area contributed by atoms with E-state index in [-0.39, 0.29) is 6.61 Å². The largest absolute Gasteiger partial charge is 0.395 e. The van der Waals surface area contributed by atoms with Crippen LogP contribution in [0.15, 0.2) is 30.5 Å². The summed E-state index contributed by atoms with van der Waals surface area (Å²) in [5, 5.41) is 10.1. The summed E-state index contributed by atoms with van der Waals surface area (Å²) < 4.78 is 2.08. The third-order valence-corrected chi connectivity index (χ3v) is 2.58. The normalized spacial score (nSPS) is 11.0. The first kappa shape index (κ1) is 9.28. The topological polar surface area (TPSA) is 25.2 Å². The molecule has 1 aromatic heterocycles. The molecule has 0 unspecified atom stereocenters. The Bertz CT molecular complexity index is 431. The van der Waals surface area contributed by atoms with Gasteiger partial charge in [0.15, 0.2) is 0 Å². The first-order valence-electron chi connectivity index (χ1n) is 5.03. The summed E-state index contributed by atoms with van der Waals surface area (Å²) in [6.45, 7) is 3.03. The predicted octanol–water partition coefficient (Wildman–Crippen LogP) is 2.20. The molecule has 1 heterocycles. The van der Waals surface area contributed by atoms with Crippen molar-refractivity contribution in [2.45, 2.75) is 19.9 Å². The van der Waals surface area contributed by atoms with Crippen LogP contribution in [0.2, 0.25) is 0 Å². The molecule has 0 bridgehead atoms. The van der Waals surface area contributed by atoms with Gasteiger partial charge in [-0.25, -0.2) is 0 Å². The second-order valence-corrected chi connectivity index (χ2v) is 3.48. The van der Waals surface area contributed by atoms with Crippen molar-refractivity contribution in [1.29, 1.82) is 0 Å². The van der Waals surface area contributed by atoms with E-state index in [9.17, 15) is 0 Å². The third kappa shape index (κ3) is 1.53. The van der Waals surface area contributed by atoms with E-state index >= 15 is 0 Å². The van der Waals surface area contributed by atoms with Gasteiger partial charge in [0.25, 0.3) is 0 Å². The van der Waals surface area contributed by atoms with Crippen LogP contribution in [-0.4, -0.2) is 16.3 Å². The first-order chi connectivity index (χ1) is 6.85. The Morgan fingerprint density at radius 2 is 2.14 bits per heavy atom. The van der Waals surface area contributed by atoms with Gasteiger partial charge in [0.1, 0.15) is 0 Å². The molecule has 1 aromatic carbocycles. The maximum atomic E-state index is 8.88. The molecule has 14 heavy (non-hydrogen) atoms. The van der Waals surface area contributed by atoms with Crippen LogP contribution < -0.4 is 0 Å². The molecule has 0 aliphatic heterocycles. The Kier molecular flexibility index (Phi) is 2.55. The van der Waals surface area contributed by atoms with Gasteiger partial charge in [-0.3, -0.25) is 0 Å². The smallest absolute Gasteiger partial charge is 0.0610 e. The van der Waals surface area contributed by atoms with Gasteiger partial charge in [-0.15, -0.1) is 0 Å². The molecule has 0 saturated heterocycles. The van der Waals surface area contributed by atoms with Crippen LogP contribution in [0.25, 0.3) is 10.9 Å². The summed E-state index contributed by atoms with van der Waals surface area (Å²) in [6, 6.07) is 8.59. The number of hydrogen-bond donors (Lipinski definition) is 1. The highest BCUT2D eigenvalue weighted by atomic mass is 16.3. The molecule has 0 aliphatic carbocycles. The lowest BCUT2D eigenvalue weighted by molar-refractivity contribution is 0.278. The highest BCUT2D eigenvalue weighted by Crippen LogP contribution is 2.17. The van der Waals surface area contributed by atoms with Gasteiger partial charge in [0.2, 0.25) is 0 Å². The van der Waals surface area contributed by atoms with E-state index in [0.29, 0.717) is 6.54 Å². The lowest BCUT2D eigenvalue weighted by Gasteiger charge is -2.03. The van der Waals surface area contributed by atoms with Crippen molar-refractivity contribution in [3.63, 3.8) is 0 Å². The van der Waals surface area contributed by atoms with Gasteiger partial charge in [0, 0.05) is 18.3 Å². The van der Waals surface area contributed by atoms with E-state index in [2.05, 4.69) is 35.8 Å². The summed E-state index contributed by atoms with van der Waals surface area (Å²) in [5.41, 5.74) is 2.57. The molecule has 0 fully saturated rings. The minimum atomic E-state index is 0.194. The molecule has 2 heteroatoms. The van der Waals surface area contributed by atoms with Gasteiger partial charge in [0.05, 0.1) is 6.61 Å². The van der Waals surface area contributed by atoms with E-state index in [0.717, 1.165) is 6.42 Å². The molecule has 0 radical (unpaired) electrons. The molecule has 2 rings (SSSR count). The average molecular weight is 189 g/mol. The molecule has 0 aliphatic rings. The number of aliphatic hydroxyl groups excluding tert-OH is 1. The van der Waals surface area contributed by atoms with Crippen LogP contribution in [0.1, 0.15) is 12.5 Å². The molecule has 2 nitrogen and oxygen atoms in total. The van der Waals surface area contributed by atoms with Crippen molar-refractivity contribution in [2.75, 3.05) is 6.61 Å². The van der Waals surface area contributed by atoms with Crippen LogP contribution in [0.3, 0.4) is 0 Å². The fourth-order valence-electron chi connectivity index (χ4n) is 1.77. The summed E-state index contributed by atoms with van der Waals surface area (Å²) >= 11 is 0. The highest BCUT2D eigenvalue weighted by molar-refractivity contribution is 5.80. The predicted molar refractivity (Wildman–Crippen MR) is 58.4 cm³/mol. The third-order valence-electron chi connectivity index (χ3n) is 2.58. The quantitative estimate of drug-likeness (QED) is 0.786. The van der Waals surface area contributed by atoms with Crippen molar-refractivity contribution < 1.29 is 5.11 Å². The number of hydrogen-bond acceptors (Lipinski definition) is 1. The Morgan fingerprint density at radius 1 is 1.29 bits per heavy atom. The SMILES string of the molecule is CCc1ccc2c(ccn2CCO)c1. The zero-order valence-electron chi connectivity index (χ0n) is 8.40. The molecular formula is C12H15NO. The van der Waals surface area contributed by atoms with Crippen LogP contribution in [-0.2, 0) is 13.0 Å². The van der Waals surface area contributed by atoms with Gasteiger partial charge >= 0.3 is 0 Å². The van der Waals surface area contributed by atoms with Crippen LogP contribution >= 0.6 is 0 Å². The van der Waals surface area contributed by atoms with Crippen LogP contribution in [0.4, 0.5) is 0 Å². The van der Waals surface area contributed by atoms with E-state index < -0.39 is 0 Å². The molecule has 1 N–H and O–H groups in total. The molecule has 0 saturated carbocycles. The lowest BCUT2D eigenvalue weighted by Crippen LogP contribution is -1.99. The van der Waals surface area contributed by atoms with Crippen molar-refractivity contribution in [1.82, 2.24) is 4.57 Å². The molecule has 2 aromatic rings. The van der Waals surface area contributed by atoms with E-state index in [4.69, 9.17) is 5.11 Å². The Morgan fingerprint density at radius 3 is 2.86 bits per heavy atom. The molecule has 0 amide bonds. The van der Waals surface area contributed by atoms with Gasteiger partial charge in [-0.05, 0) is 35.6 Å². The summed E-state index contributed by atoms with van der Waals surface area (Å²) in [7, 11) is 0. The van der Waals surface area contributed by atoms with Crippen molar-refractivity contribution in [3.8, 4) is 0 Å². The van der Waals surface area contributed by atoms with E-state index in [1.54, 1.807) is 0 Å². The lowest BCUT2D eigenvalue weighted by atomic mass is 10.1.